The summed E-state index contributed by atoms with van der Waals surface area (Å²) in [6.45, 7) is 0.640. The maximum Gasteiger partial charge on any atom is 0.242 e. The molecule has 0 aliphatic heterocycles. The van der Waals surface area contributed by atoms with Gasteiger partial charge in [-0.1, -0.05) is 35.9 Å². The summed E-state index contributed by atoms with van der Waals surface area (Å²) in [5, 5.41) is 9.33. The highest BCUT2D eigenvalue weighted by atomic mass is 35.5. The molecule has 0 aliphatic carbocycles. The molecule has 0 aromatic heterocycles. The van der Waals surface area contributed by atoms with Crippen LogP contribution in [-0.2, 0) is 22.9 Å². The summed E-state index contributed by atoms with van der Waals surface area (Å²) in [6.07, 6.45) is 3.39. The molecule has 0 saturated heterocycles. The van der Waals surface area contributed by atoms with E-state index >= 15 is 0 Å². The van der Waals surface area contributed by atoms with Gasteiger partial charge in [0.1, 0.15) is 0 Å². The van der Waals surface area contributed by atoms with Crippen molar-refractivity contribution >= 4 is 21.6 Å². The van der Waals surface area contributed by atoms with Crippen LogP contribution in [0.4, 0.5) is 0 Å². The van der Waals surface area contributed by atoms with Crippen LogP contribution in [-0.4, -0.2) is 38.0 Å². The van der Waals surface area contributed by atoms with Crippen molar-refractivity contribution in [2.45, 2.75) is 30.6 Å². The van der Waals surface area contributed by atoms with Gasteiger partial charge in [0.15, 0.2) is 0 Å². The van der Waals surface area contributed by atoms with Crippen molar-refractivity contribution in [1.29, 1.82) is 0 Å². The number of benzene rings is 2. The molecule has 2 aromatic rings. The van der Waals surface area contributed by atoms with E-state index in [0.717, 1.165) is 24.8 Å². The largest absolute Gasteiger partial charge is 0.396 e. The third-order valence-electron chi connectivity index (χ3n) is 4.13. The molecule has 4 nitrogen and oxygen atoms in total. The van der Waals surface area contributed by atoms with Crippen LogP contribution in [0.2, 0.25) is 5.02 Å². The molecule has 0 aliphatic rings. The van der Waals surface area contributed by atoms with Gasteiger partial charge >= 0.3 is 0 Å². The number of likely N-dealkylation sites (N-methyl/N-ethyl adjacent to an activating group) is 1. The van der Waals surface area contributed by atoms with Crippen LogP contribution in [0, 0.1) is 0 Å². The van der Waals surface area contributed by atoms with Crippen molar-refractivity contribution < 1.29 is 13.5 Å². The van der Waals surface area contributed by atoms with E-state index in [9.17, 15) is 8.42 Å². The summed E-state index contributed by atoms with van der Waals surface area (Å²) in [7, 11) is -1.91. The van der Waals surface area contributed by atoms with E-state index in [2.05, 4.69) is 12.1 Å². The molecule has 2 aromatic carbocycles. The third kappa shape index (κ3) is 5.82. The molecule has 0 heterocycles. The predicted molar refractivity (Wildman–Crippen MR) is 101 cm³/mol. The lowest BCUT2D eigenvalue weighted by Gasteiger charge is -2.17. The molecule has 0 radical (unpaired) electrons. The van der Waals surface area contributed by atoms with E-state index in [1.54, 1.807) is 19.2 Å². The number of aryl methyl sites for hydroxylation is 1. The molecule has 0 amide bonds. The number of hydrogen-bond acceptors (Lipinski definition) is 3. The smallest absolute Gasteiger partial charge is 0.242 e. The fraction of sp³-hybridized carbons (Fsp3) is 0.368. The van der Waals surface area contributed by atoms with Crippen LogP contribution in [0.3, 0.4) is 0 Å². The first kappa shape index (κ1) is 19.9. The highest BCUT2D eigenvalue weighted by molar-refractivity contribution is 7.89. The lowest BCUT2D eigenvalue weighted by Crippen LogP contribution is -2.29. The Morgan fingerprint density at radius 1 is 0.920 bits per heavy atom. The molecule has 1 N–H and O–H groups in total. The van der Waals surface area contributed by atoms with Crippen molar-refractivity contribution in [3.8, 4) is 0 Å². The highest BCUT2D eigenvalue weighted by Gasteiger charge is 2.20. The number of aliphatic hydroxyl groups excluding tert-OH is 1. The van der Waals surface area contributed by atoms with Crippen LogP contribution in [0.25, 0.3) is 0 Å². The maximum atomic E-state index is 12.5. The SMILES string of the molecule is CN(CCc1ccc(CCCCO)cc1)S(=O)(=O)c1ccc(Cl)cc1. The van der Waals surface area contributed by atoms with Crippen LogP contribution in [0.15, 0.2) is 53.4 Å². The summed E-state index contributed by atoms with van der Waals surface area (Å²) in [4.78, 5) is 0.249. The maximum absolute atomic E-state index is 12.5. The molecule has 0 unspecified atom stereocenters. The first-order valence-corrected chi connectivity index (χ1v) is 10.2. The van der Waals surface area contributed by atoms with E-state index in [1.807, 2.05) is 12.1 Å². The summed E-state index contributed by atoms with van der Waals surface area (Å²) in [5.74, 6) is 0. The van der Waals surface area contributed by atoms with Gasteiger partial charge in [0, 0.05) is 25.2 Å². The average Bonchev–Trinajstić information content (AvgIpc) is 2.61. The first-order valence-electron chi connectivity index (χ1n) is 8.34. The Morgan fingerprint density at radius 2 is 1.48 bits per heavy atom. The molecule has 2 rings (SSSR count). The predicted octanol–water partition coefficient (Wildman–Crippen LogP) is 3.52. The Kier molecular flexibility index (Phi) is 7.44. The van der Waals surface area contributed by atoms with Gasteiger partial charge in [0.25, 0.3) is 0 Å². The van der Waals surface area contributed by atoms with Crippen molar-refractivity contribution in [2.75, 3.05) is 20.2 Å². The number of nitrogens with zero attached hydrogens (tertiary/aromatic N) is 1. The van der Waals surface area contributed by atoms with E-state index in [0.29, 0.717) is 18.0 Å². The summed E-state index contributed by atoms with van der Waals surface area (Å²) in [6, 6.07) is 14.4. The van der Waals surface area contributed by atoms with Gasteiger partial charge in [0.05, 0.1) is 4.90 Å². The summed E-state index contributed by atoms with van der Waals surface area (Å²) < 4.78 is 26.4. The zero-order chi connectivity index (χ0) is 18.3. The van der Waals surface area contributed by atoms with Gasteiger partial charge in [0.2, 0.25) is 10.0 Å². The fourth-order valence-electron chi connectivity index (χ4n) is 2.51. The summed E-state index contributed by atoms with van der Waals surface area (Å²) >= 11 is 5.81. The zero-order valence-electron chi connectivity index (χ0n) is 14.4. The lowest BCUT2D eigenvalue weighted by atomic mass is 10.0. The zero-order valence-corrected chi connectivity index (χ0v) is 15.9. The molecule has 25 heavy (non-hydrogen) atoms. The lowest BCUT2D eigenvalue weighted by molar-refractivity contribution is 0.284. The molecule has 0 atom stereocenters. The van der Waals surface area contributed by atoms with Crippen LogP contribution < -0.4 is 0 Å². The third-order valence-corrected chi connectivity index (χ3v) is 6.26. The quantitative estimate of drug-likeness (QED) is 0.676. The Balaban J connectivity index is 1.92. The second-order valence-electron chi connectivity index (χ2n) is 6.03. The van der Waals surface area contributed by atoms with E-state index in [1.165, 1.54) is 22.0 Å². The Labute approximate surface area is 155 Å². The summed E-state index contributed by atoms with van der Waals surface area (Å²) in [5.41, 5.74) is 2.34. The second kappa shape index (κ2) is 9.34. The number of rotatable bonds is 9. The van der Waals surface area contributed by atoms with Crippen LogP contribution in [0.5, 0.6) is 0 Å². The molecule has 0 fully saturated rings. The number of hydrogen-bond donors (Lipinski definition) is 1. The monoisotopic (exact) mass is 381 g/mol. The van der Waals surface area contributed by atoms with Gasteiger partial charge in [-0.15, -0.1) is 0 Å². The molecule has 0 bridgehead atoms. The average molecular weight is 382 g/mol. The van der Waals surface area contributed by atoms with Crippen molar-refractivity contribution in [2.24, 2.45) is 0 Å². The normalized spacial score (nSPS) is 11.8. The van der Waals surface area contributed by atoms with Gasteiger partial charge < -0.3 is 5.11 Å². The molecule has 136 valence electrons. The Bertz CT molecular complexity index is 758. The first-order chi connectivity index (χ1) is 11.9. The number of halogens is 1. The van der Waals surface area contributed by atoms with E-state index < -0.39 is 10.0 Å². The topological polar surface area (TPSA) is 57.6 Å². The van der Waals surface area contributed by atoms with Gasteiger partial charge in [-0.2, -0.15) is 0 Å². The molecule has 0 spiro atoms. The van der Waals surface area contributed by atoms with Crippen LogP contribution >= 0.6 is 11.6 Å². The number of sulfonamides is 1. The number of unbranched alkanes of at least 4 members (excludes halogenated alkanes) is 1. The minimum absolute atomic E-state index is 0.229. The van der Waals surface area contributed by atoms with E-state index in [4.69, 9.17) is 16.7 Å². The van der Waals surface area contributed by atoms with Crippen molar-refractivity contribution in [1.82, 2.24) is 4.31 Å². The molecular weight excluding hydrogens is 358 g/mol. The van der Waals surface area contributed by atoms with Crippen LogP contribution in [0.1, 0.15) is 24.0 Å². The van der Waals surface area contributed by atoms with Gasteiger partial charge in [-0.05, 0) is 61.1 Å². The minimum atomic E-state index is -3.50. The highest BCUT2D eigenvalue weighted by Crippen LogP contribution is 2.18. The molecule has 0 saturated carbocycles. The van der Waals surface area contributed by atoms with Crippen molar-refractivity contribution in [3.05, 3.63) is 64.7 Å². The minimum Gasteiger partial charge on any atom is -0.396 e. The van der Waals surface area contributed by atoms with Crippen molar-refractivity contribution in [3.63, 3.8) is 0 Å². The van der Waals surface area contributed by atoms with Gasteiger partial charge in [-0.3, -0.25) is 0 Å². The standard InChI is InChI=1S/C19H24ClNO3S/c1-21(25(23,24)19-11-9-18(20)10-12-19)14-13-17-7-5-16(6-8-17)4-2-3-15-22/h5-12,22H,2-4,13-15H2,1H3. The molecule has 6 heteroatoms. The fourth-order valence-corrected chi connectivity index (χ4v) is 3.80. The van der Waals surface area contributed by atoms with Gasteiger partial charge in [-0.25, -0.2) is 12.7 Å². The van der Waals surface area contributed by atoms with E-state index in [-0.39, 0.29) is 11.5 Å². The molecular formula is C19H24ClNO3S. The second-order valence-corrected chi connectivity index (χ2v) is 8.51. The number of aliphatic hydroxyl groups is 1. The Morgan fingerprint density at radius 3 is 2.04 bits per heavy atom. The Hall–Kier alpha value is -1.40.